The van der Waals surface area contributed by atoms with Crippen LogP contribution in [0.4, 0.5) is 4.39 Å². The quantitative estimate of drug-likeness (QED) is 0.765. The summed E-state index contributed by atoms with van der Waals surface area (Å²) in [5, 5.41) is 12.0. The van der Waals surface area contributed by atoms with Gasteiger partial charge in [-0.05, 0) is 44.0 Å². The summed E-state index contributed by atoms with van der Waals surface area (Å²) in [4.78, 5) is 19.9. The highest BCUT2D eigenvalue weighted by Gasteiger charge is 2.36. The van der Waals surface area contributed by atoms with Crippen LogP contribution in [0, 0.1) is 18.7 Å². The predicted octanol–water partition coefficient (Wildman–Crippen LogP) is 4.07. The fourth-order valence-electron chi connectivity index (χ4n) is 3.57. The number of aliphatic hydroxyl groups is 1. The maximum Gasteiger partial charge on any atom is 0.225 e. The Hall–Kier alpha value is -1.99. The highest BCUT2D eigenvalue weighted by atomic mass is 32.1. The second-order valence-electron chi connectivity index (χ2n) is 7.95. The van der Waals surface area contributed by atoms with Crippen LogP contribution in [0.25, 0.3) is 0 Å². The van der Waals surface area contributed by atoms with E-state index < -0.39 is 5.60 Å². The molecule has 29 heavy (non-hydrogen) atoms. The van der Waals surface area contributed by atoms with Crippen LogP contribution in [0.15, 0.2) is 24.3 Å². The lowest BCUT2D eigenvalue weighted by molar-refractivity contribution is -0.134. The van der Waals surface area contributed by atoms with E-state index in [-0.39, 0.29) is 17.6 Å². The first-order valence-electron chi connectivity index (χ1n) is 10.1. The molecular weight excluding hydrogens is 391 g/mol. The number of carbonyl (C=O) groups is 1. The van der Waals surface area contributed by atoms with Crippen molar-refractivity contribution in [2.75, 3.05) is 19.7 Å². The summed E-state index contributed by atoms with van der Waals surface area (Å²) < 4.78 is 18.7. The first-order valence-corrected chi connectivity index (χ1v) is 11.0. The van der Waals surface area contributed by atoms with Gasteiger partial charge in [0.15, 0.2) is 0 Å². The molecule has 0 aliphatic carbocycles. The average molecular weight is 421 g/mol. The van der Waals surface area contributed by atoms with Gasteiger partial charge in [-0.1, -0.05) is 13.8 Å². The van der Waals surface area contributed by atoms with Crippen LogP contribution in [0.5, 0.6) is 5.75 Å². The number of ether oxygens (including phenoxy) is 1. The molecule has 0 unspecified atom stereocenters. The van der Waals surface area contributed by atoms with Gasteiger partial charge in [0.25, 0.3) is 0 Å². The third-order valence-corrected chi connectivity index (χ3v) is 6.73. The Morgan fingerprint density at radius 1 is 1.31 bits per heavy atom. The van der Waals surface area contributed by atoms with E-state index in [0.717, 1.165) is 22.0 Å². The van der Waals surface area contributed by atoms with Gasteiger partial charge in [0.05, 0.1) is 12.3 Å². The maximum atomic E-state index is 13.0. The number of thiazole rings is 1. The second-order valence-corrected chi connectivity index (χ2v) is 9.03. The van der Waals surface area contributed by atoms with Gasteiger partial charge in [-0.2, -0.15) is 0 Å². The summed E-state index contributed by atoms with van der Waals surface area (Å²) in [6.45, 7) is 7.45. The molecule has 1 aromatic heterocycles. The Bertz CT molecular complexity index is 837. The number of benzene rings is 1. The third kappa shape index (κ3) is 5.34. The summed E-state index contributed by atoms with van der Waals surface area (Å²) in [5.74, 6) is 0.455. The molecule has 0 bridgehead atoms. The molecule has 1 amide bonds. The Kier molecular flexibility index (Phi) is 6.90. The normalized spacial score (nSPS) is 20.0. The van der Waals surface area contributed by atoms with E-state index >= 15 is 0 Å². The molecule has 158 valence electrons. The lowest BCUT2D eigenvalue weighted by Gasteiger charge is -2.25. The summed E-state index contributed by atoms with van der Waals surface area (Å²) in [6.07, 6.45) is 2.54. The Labute approximate surface area is 175 Å². The molecule has 0 radical (unpaired) electrons. The zero-order chi connectivity index (χ0) is 21.0. The Morgan fingerprint density at radius 2 is 2.03 bits per heavy atom. The topological polar surface area (TPSA) is 62.7 Å². The van der Waals surface area contributed by atoms with E-state index in [1.54, 1.807) is 12.1 Å². The number of amides is 1. The van der Waals surface area contributed by atoms with Crippen LogP contribution in [0.1, 0.15) is 48.7 Å². The predicted molar refractivity (Wildman–Crippen MR) is 112 cm³/mol. The van der Waals surface area contributed by atoms with Crippen molar-refractivity contribution >= 4 is 17.2 Å². The van der Waals surface area contributed by atoms with Crippen molar-refractivity contribution in [3.8, 4) is 5.75 Å². The SMILES string of the molecule is Cc1nc([C@@]2(O)CCCN(C(=O)C(C)C)CC2)sc1CCOc1ccc(F)cc1. The lowest BCUT2D eigenvalue weighted by atomic mass is 9.96. The number of nitrogens with zero attached hydrogens (tertiary/aromatic N) is 2. The van der Waals surface area contributed by atoms with E-state index in [1.165, 1.54) is 23.5 Å². The van der Waals surface area contributed by atoms with Crippen molar-refractivity contribution in [1.29, 1.82) is 0 Å². The van der Waals surface area contributed by atoms with Crippen LogP contribution in [0.3, 0.4) is 0 Å². The van der Waals surface area contributed by atoms with Crippen molar-refractivity contribution in [2.24, 2.45) is 5.92 Å². The van der Waals surface area contributed by atoms with Gasteiger partial charge in [0.2, 0.25) is 5.91 Å². The van der Waals surface area contributed by atoms with E-state index in [0.29, 0.717) is 44.7 Å². The molecule has 1 aromatic carbocycles. The number of aryl methyl sites for hydroxylation is 1. The minimum absolute atomic E-state index is 0.0315. The molecule has 0 spiro atoms. The first kappa shape index (κ1) is 21.7. The van der Waals surface area contributed by atoms with Gasteiger partial charge in [-0.3, -0.25) is 4.79 Å². The van der Waals surface area contributed by atoms with Crippen LogP contribution < -0.4 is 4.74 Å². The van der Waals surface area contributed by atoms with Crippen molar-refractivity contribution in [3.05, 3.63) is 45.7 Å². The maximum absolute atomic E-state index is 13.0. The minimum atomic E-state index is -0.989. The van der Waals surface area contributed by atoms with Crippen molar-refractivity contribution in [1.82, 2.24) is 9.88 Å². The molecule has 1 aliphatic rings. The molecule has 3 rings (SSSR count). The second kappa shape index (κ2) is 9.22. The smallest absolute Gasteiger partial charge is 0.225 e. The zero-order valence-electron chi connectivity index (χ0n) is 17.3. The number of aromatic nitrogens is 1. The van der Waals surface area contributed by atoms with Gasteiger partial charge in [-0.25, -0.2) is 9.37 Å². The largest absolute Gasteiger partial charge is 0.493 e. The molecule has 1 fully saturated rings. The molecule has 1 N–H and O–H groups in total. The molecule has 2 aromatic rings. The van der Waals surface area contributed by atoms with E-state index in [4.69, 9.17) is 4.74 Å². The zero-order valence-corrected chi connectivity index (χ0v) is 18.1. The standard InChI is InChI=1S/C22H29FN2O3S/c1-15(2)20(26)25-12-4-10-22(27,11-13-25)21-24-16(3)19(29-21)9-14-28-18-7-5-17(23)6-8-18/h5-8,15,27H,4,9-14H2,1-3H3/t22-/m1/s1. The number of likely N-dealkylation sites (tertiary alicyclic amines) is 1. The summed E-state index contributed by atoms with van der Waals surface area (Å²) >= 11 is 1.52. The molecule has 0 saturated carbocycles. The number of hydrogen-bond acceptors (Lipinski definition) is 5. The monoisotopic (exact) mass is 420 g/mol. The molecule has 2 heterocycles. The number of rotatable bonds is 6. The van der Waals surface area contributed by atoms with Gasteiger partial charge in [0.1, 0.15) is 22.2 Å². The fourth-order valence-corrected chi connectivity index (χ4v) is 4.76. The van der Waals surface area contributed by atoms with E-state index in [1.807, 2.05) is 25.7 Å². The molecule has 7 heteroatoms. The Morgan fingerprint density at radius 3 is 2.72 bits per heavy atom. The van der Waals surface area contributed by atoms with Gasteiger partial charge < -0.3 is 14.7 Å². The van der Waals surface area contributed by atoms with Crippen LogP contribution in [0.2, 0.25) is 0 Å². The highest BCUT2D eigenvalue weighted by molar-refractivity contribution is 7.11. The van der Waals surface area contributed by atoms with Gasteiger partial charge in [0, 0.05) is 36.7 Å². The Balaban J connectivity index is 1.62. The van der Waals surface area contributed by atoms with Crippen LogP contribution in [-0.2, 0) is 16.8 Å². The molecule has 1 saturated heterocycles. The average Bonchev–Trinajstić information content (AvgIpc) is 2.94. The van der Waals surface area contributed by atoms with Crippen molar-refractivity contribution in [2.45, 2.75) is 52.1 Å². The number of hydrogen-bond donors (Lipinski definition) is 1. The molecular formula is C22H29FN2O3S. The van der Waals surface area contributed by atoms with Gasteiger partial charge in [-0.15, -0.1) is 11.3 Å². The summed E-state index contributed by atoms with van der Waals surface area (Å²) in [6, 6.07) is 5.97. The summed E-state index contributed by atoms with van der Waals surface area (Å²) in [7, 11) is 0. The molecule has 1 aliphatic heterocycles. The van der Waals surface area contributed by atoms with E-state index in [2.05, 4.69) is 4.98 Å². The van der Waals surface area contributed by atoms with Crippen LogP contribution >= 0.6 is 11.3 Å². The van der Waals surface area contributed by atoms with Crippen molar-refractivity contribution < 1.29 is 19.0 Å². The van der Waals surface area contributed by atoms with E-state index in [9.17, 15) is 14.3 Å². The molecule has 5 nitrogen and oxygen atoms in total. The van der Waals surface area contributed by atoms with Gasteiger partial charge >= 0.3 is 0 Å². The van der Waals surface area contributed by atoms with Crippen molar-refractivity contribution in [3.63, 3.8) is 0 Å². The lowest BCUT2D eigenvalue weighted by Crippen LogP contribution is -2.36. The first-order chi connectivity index (χ1) is 13.8. The number of carbonyl (C=O) groups excluding carboxylic acids is 1. The highest BCUT2D eigenvalue weighted by Crippen LogP contribution is 2.37. The van der Waals surface area contributed by atoms with Crippen LogP contribution in [-0.4, -0.2) is 40.6 Å². The number of halogens is 1. The third-order valence-electron chi connectivity index (χ3n) is 5.32. The summed E-state index contributed by atoms with van der Waals surface area (Å²) in [5.41, 5.74) is -0.0854. The molecule has 1 atom stereocenters. The minimum Gasteiger partial charge on any atom is -0.493 e. The fraction of sp³-hybridized carbons (Fsp3) is 0.545.